The molecule has 0 spiro atoms. The minimum atomic E-state index is 0.429. The van der Waals surface area contributed by atoms with E-state index in [2.05, 4.69) is 41.9 Å². The summed E-state index contributed by atoms with van der Waals surface area (Å²) < 4.78 is 0. The molecule has 3 rings (SSSR count). The van der Waals surface area contributed by atoms with Gasteiger partial charge in [0.15, 0.2) is 0 Å². The summed E-state index contributed by atoms with van der Waals surface area (Å²) in [7, 11) is 0. The van der Waals surface area contributed by atoms with Gasteiger partial charge in [-0.05, 0) is 36.6 Å². The summed E-state index contributed by atoms with van der Waals surface area (Å²) in [5.74, 6) is 0. The minimum absolute atomic E-state index is 0.429. The fraction of sp³-hybridized carbons (Fsp3) is 0.222. The van der Waals surface area contributed by atoms with E-state index in [0.29, 0.717) is 10.2 Å². The van der Waals surface area contributed by atoms with Gasteiger partial charge in [0.25, 0.3) is 0 Å². The number of aromatic nitrogens is 2. The summed E-state index contributed by atoms with van der Waals surface area (Å²) in [6.45, 7) is 3.01. The number of nitrogens with zero attached hydrogens (tertiary/aromatic N) is 6. The maximum atomic E-state index is 5.26. The minimum Gasteiger partial charge on any atom is -0.294 e. The van der Waals surface area contributed by atoms with E-state index in [-0.39, 0.29) is 0 Å². The molecular formula is C18H22N10S2. The van der Waals surface area contributed by atoms with Crippen LogP contribution in [0.2, 0.25) is 0 Å². The van der Waals surface area contributed by atoms with Crippen LogP contribution in [0.15, 0.2) is 59.3 Å². The first-order valence-electron chi connectivity index (χ1n) is 9.18. The average Bonchev–Trinajstić information content (AvgIpc) is 2.77. The lowest BCUT2D eigenvalue weighted by molar-refractivity contribution is 0.0936. The smallest absolute Gasteiger partial charge is 0.201 e. The average molecular weight is 443 g/mol. The second kappa shape index (κ2) is 11.8. The molecule has 1 saturated heterocycles. The van der Waals surface area contributed by atoms with Crippen LogP contribution < -0.4 is 21.7 Å². The van der Waals surface area contributed by atoms with Gasteiger partial charge in [-0.15, -0.1) is 0 Å². The van der Waals surface area contributed by atoms with Crippen LogP contribution in [0.3, 0.4) is 0 Å². The SMILES string of the molecule is S=C(N/N=C\c1cccnc1)NN1CCN(NC(=S)N/N=C\c2cccnc2)CC1. The Balaban J connectivity index is 1.31. The molecule has 0 saturated carbocycles. The van der Waals surface area contributed by atoms with Crippen LogP contribution in [-0.2, 0) is 0 Å². The number of nitrogens with one attached hydrogen (secondary N) is 4. The Hall–Kier alpha value is -3.06. The summed E-state index contributed by atoms with van der Waals surface area (Å²) in [5.41, 5.74) is 13.6. The summed E-state index contributed by atoms with van der Waals surface area (Å²) in [6, 6.07) is 7.51. The van der Waals surface area contributed by atoms with Crippen molar-refractivity contribution in [3.63, 3.8) is 0 Å². The number of hydrogen-bond acceptors (Lipinski definition) is 8. The van der Waals surface area contributed by atoms with Gasteiger partial charge in [0.1, 0.15) is 0 Å². The number of hydrazine groups is 2. The zero-order valence-electron chi connectivity index (χ0n) is 16.1. The van der Waals surface area contributed by atoms with E-state index < -0.39 is 0 Å². The number of hydrogen-bond donors (Lipinski definition) is 4. The number of thiocarbonyl (C=S) groups is 2. The van der Waals surface area contributed by atoms with Gasteiger partial charge in [0.05, 0.1) is 12.4 Å². The predicted octanol–water partition coefficient (Wildman–Crippen LogP) is 0.220. The molecule has 0 atom stereocenters. The largest absolute Gasteiger partial charge is 0.294 e. The predicted molar refractivity (Wildman–Crippen MR) is 125 cm³/mol. The summed E-state index contributed by atoms with van der Waals surface area (Å²) in [4.78, 5) is 8.05. The van der Waals surface area contributed by atoms with Gasteiger partial charge in [-0.2, -0.15) is 10.2 Å². The Labute approximate surface area is 185 Å². The lowest BCUT2D eigenvalue weighted by atomic mass is 10.3. The van der Waals surface area contributed by atoms with Gasteiger partial charge in [0.2, 0.25) is 10.2 Å². The molecule has 1 fully saturated rings. The van der Waals surface area contributed by atoms with Crippen molar-refractivity contribution in [2.24, 2.45) is 10.2 Å². The molecule has 156 valence electrons. The van der Waals surface area contributed by atoms with E-state index in [1.807, 2.05) is 34.3 Å². The molecule has 4 N–H and O–H groups in total. The van der Waals surface area contributed by atoms with Crippen LogP contribution in [0.1, 0.15) is 11.1 Å². The summed E-state index contributed by atoms with van der Waals surface area (Å²) >= 11 is 10.5. The number of pyridine rings is 2. The van der Waals surface area contributed by atoms with Crippen LogP contribution >= 0.6 is 24.4 Å². The lowest BCUT2D eigenvalue weighted by Crippen LogP contribution is -2.59. The fourth-order valence-corrected chi connectivity index (χ4v) is 2.87. The van der Waals surface area contributed by atoms with Crippen LogP contribution in [0.4, 0.5) is 0 Å². The lowest BCUT2D eigenvalue weighted by Gasteiger charge is -2.35. The second-order valence-corrected chi connectivity index (χ2v) is 6.99. The van der Waals surface area contributed by atoms with Gasteiger partial charge in [0, 0.05) is 62.1 Å². The van der Waals surface area contributed by atoms with Crippen molar-refractivity contribution < 1.29 is 0 Å². The van der Waals surface area contributed by atoms with Crippen molar-refractivity contribution in [3.05, 3.63) is 60.2 Å². The van der Waals surface area contributed by atoms with Crippen LogP contribution in [0, 0.1) is 0 Å². The number of rotatable bonds is 6. The van der Waals surface area contributed by atoms with Crippen molar-refractivity contribution in [1.29, 1.82) is 0 Å². The Morgan fingerprint density at radius 3 is 1.60 bits per heavy atom. The van der Waals surface area contributed by atoms with Gasteiger partial charge < -0.3 is 0 Å². The summed E-state index contributed by atoms with van der Waals surface area (Å²) in [5, 5.41) is 13.1. The highest BCUT2D eigenvalue weighted by Crippen LogP contribution is 1.96. The van der Waals surface area contributed by atoms with Crippen molar-refractivity contribution in [1.82, 2.24) is 41.7 Å². The number of hydrazone groups is 2. The third-order valence-electron chi connectivity index (χ3n) is 3.93. The molecular weight excluding hydrogens is 420 g/mol. The molecule has 10 nitrogen and oxygen atoms in total. The molecule has 1 aliphatic heterocycles. The van der Waals surface area contributed by atoms with E-state index in [9.17, 15) is 0 Å². The van der Waals surface area contributed by atoms with Crippen LogP contribution in [0.25, 0.3) is 0 Å². The highest BCUT2D eigenvalue weighted by atomic mass is 32.1. The Morgan fingerprint density at radius 1 is 0.800 bits per heavy atom. The molecule has 3 heterocycles. The van der Waals surface area contributed by atoms with E-state index >= 15 is 0 Å². The molecule has 0 radical (unpaired) electrons. The van der Waals surface area contributed by atoms with Crippen molar-refractivity contribution >= 4 is 47.1 Å². The standard InChI is InChI=1S/C18H22N10S2/c29-17(23-21-13-15-3-1-5-19-11-15)25-27-7-9-28(10-8-27)26-18(30)24-22-14-16-4-2-6-20-12-16/h1-6,11-14H,7-10H2,(H2,23,25,29)(H2,24,26,30)/b21-13-,22-14-. The molecule has 1 aliphatic rings. The highest BCUT2D eigenvalue weighted by Gasteiger charge is 2.17. The van der Waals surface area contributed by atoms with E-state index in [1.165, 1.54) is 0 Å². The van der Waals surface area contributed by atoms with E-state index in [0.717, 1.165) is 37.3 Å². The Kier molecular flexibility index (Phi) is 8.53. The maximum Gasteiger partial charge on any atom is 0.201 e. The first kappa shape index (κ1) is 21.6. The molecule has 12 heteroatoms. The van der Waals surface area contributed by atoms with Gasteiger partial charge in [-0.3, -0.25) is 31.7 Å². The first-order chi connectivity index (χ1) is 14.7. The van der Waals surface area contributed by atoms with Gasteiger partial charge in [-0.25, -0.2) is 10.0 Å². The molecule has 0 unspecified atom stereocenters. The van der Waals surface area contributed by atoms with E-state index in [1.54, 1.807) is 37.2 Å². The zero-order chi connectivity index (χ0) is 21.0. The molecule has 0 amide bonds. The molecule has 0 bridgehead atoms. The van der Waals surface area contributed by atoms with Crippen molar-refractivity contribution in [2.45, 2.75) is 0 Å². The highest BCUT2D eigenvalue weighted by molar-refractivity contribution is 7.80. The van der Waals surface area contributed by atoms with Crippen LogP contribution in [0.5, 0.6) is 0 Å². The normalized spacial score (nSPS) is 15.2. The monoisotopic (exact) mass is 442 g/mol. The molecule has 30 heavy (non-hydrogen) atoms. The van der Waals surface area contributed by atoms with Crippen molar-refractivity contribution in [3.8, 4) is 0 Å². The third-order valence-corrected chi connectivity index (χ3v) is 4.29. The summed E-state index contributed by atoms with van der Waals surface area (Å²) in [6.07, 6.45) is 10.2. The molecule has 0 aromatic carbocycles. The first-order valence-corrected chi connectivity index (χ1v) is 10.00. The Bertz CT molecular complexity index is 794. The van der Waals surface area contributed by atoms with Crippen molar-refractivity contribution in [2.75, 3.05) is 26.2 Å². The molecule has 2 aromatic rings. The molecule has 2 aromatic heterocycles. The fourth-order valence-electron chi connectivity index (χ4n) is 2.50. The zero-order valence-corrected chi connectivity index (χ0v) is 17.7. The van der Waals surface area contributed by atoms with Crippen LogP contribution in [-0.4, -0.2) is 68.8 Å². The number of piperazine rings is 1. The Morgan fingerprint density at radius 2 is 1.23 bits per heavy atom. The van der Waals surface area contributed by atoms with E-state index in [4.69, 9.17) is 24.4 Å². The molecule has 0 aliphatic carbocycles. The topological polar surface area (TPSA) is 105 Å². The maximum absolute atomic E-state index is 5.26. The van der Waals surface area contributed by atoms with Gasteiger partial charge >= 0.3 is 0 Å². The second-order valence-electron chi connectivity index (χ2n) is 6.17. The third kappa shape index (κ3) is 7.75. The quantitative estimate of drug-likeness (QED) is 0.282. The van der Waals surface area contributed by atoms with Gasteiger partial charge in [-0.1, -0.05) is 12.1 Å².